The summed E-state index contributed by atoms with van der Waals surface area (Å²) < 4.78 is 11.4. The van der Waals surface area contributed by atoms with Crippen LogP contribution in [0.1, 0.15) is 43.0 Å². The van der Waals surface area contributed by atoms with Crippen molar-refractivity contribution in [2.45, 2.75) is 38.8 Å². The molecule has 1 aliphatic heterocycles. The highest BCUT2D eigenvalue weighted by Gasteiger charge is 2.34. The van der Waals surface area contributed by atoms with E-state index in [2.05, 4.69) is 11.4 Å². The molecule has 136 valence electrons. The van der Waals surface area contributed by atoms with Gasteiger partial charge in [-0.1, -0.05) is 35.9 Å². The lowest BCUT2D eigenvalue weighted by molar-refractivity contribution is -0.117. The lowest BCUT2D eigenvalue weighted by Gasteiger charge is -2.38. The molecule has 2 aromatic carbocycles. The molecule has 3 rings (SSSR count). The normalized spacial score (nSPS) is 18.1. The number of para-hydroxylation sites is 1. The zero-order chi connectivity index (χ0) is 18.7. The molecule has 0 fully saturated rings. The second-order valence-corrected chi connectivity index (χ2v) is 7.24. The number of nitrogens with one attached hydrogen (secondary N) is 1. The van der Waals surface area contributed by atoms with E-state index in [4.69, 9.17) is 9.47 Å². The van der Waals surface area contributed by atoms with Crippen molar-refractivity contribution in [1.82, 2.24) is 5.32 Å². The van der Waals surface area contributed by atoms with E-state index in [1.807, 2.05) is 57.2 Å². The number of hydrogen-bond donors (Lipinski definition) is 1. The molecule has 4 nitrogen and oxygen atoms in total. The molecule has 0 saturated heterocycles. The first-order valence-electron chi connectivity index (χ1n) is 8.79. The molecule has 26 heavy (non-hydrogen) atoms. The highest BCUT2D eigenvalue weighted by Crippen LogP contribution is 2.39. The average Bonchev–Trinajstić information content (AvgIpc) is 2.60. The topological polar surface area (TPSA) is 47.6 Å². The quantitative estimate of drug-likeness (QED) is 0.829. The number of hydrogen-bond acceptors (Lipinski definition) is 3. The number of rotatable bonds is 4. The summed E-state index contributed by atoms with van der Waals surface area (Å²) in [5.41, 5.74) is 2.72. The summed E-state index contributed by atoms with van der Waals surface area (Å²) in [5.74, 6) is 1.45. The fraction of sp³-hybridized carbons (Fsp3) is 0.318. The molecule has 1 amide bonds. The lowest BCUT2D eigenvalue weighted by atomic mass is 9.89. The summed E-state index contributed by atoms with van der Waals surface area (Å²) in [4.78, 5) is 12.5. The van der Waals surface area contributed by atoms with Crippen LogP contribution < -0.4 is 14.8 Å². The Kier molecular flexibility index (Phi) is 5.03. The van der Waals surface area contributed by atoms with Crippen LogP contribution in [0.25, 0.3) is 6.08 Å². The fourth-order valence-corrected chi connectivity index (χ4v) is 3.29. The van der Waals surface area contributed by atoms with Crippen molar-refractivity contribution < 1.29 is 14.3 Å². The first-order chi connectivity index (χ1) is 12.4. The maximum absolute atomic E-state index is 12.5. The van der Waals surface area contributed by atoms with Crippen LogP contribution in [0.4, 0.5) is 0 Å². The van der Waals surface area contributed by atoms with Crippen LogP contribution in [-0.2, 0) is 4.79 Å². The van der Waals surface area contributed by atoms with Crippen molar-refractivity contribution in [2.24, 2.45) is 0 Å². The summed E-state index contributed by atoms with van der Waals surface area (Å²) in [7, 11) is 1.62. The molecule has 2 aromatic rings. The predicted molar refractivity (Wildman–Crippen MR) is 103 cm³/mol. The summed E-state index contributed by atoms with van der Waals surface area (Å²) in [6.07, 6.45) is 4.04. The van der Waals surface area contributed by atoms with Gasteiger partial charge in [-0.05, 0) is 39.0 Å². The second-order valence-electron chi connectivity index (χ2n) is 7.24. The number of carbonyl (C=O) groups excluding carboxylic acids is 1. The Morgan fingerprint density at radius 3 is 2.81 bits per heavy atom. The molecule has 1 heterocycles. The molecule has 1 N–H and O–H groups in total. The van der Waals surface area contributed by atoms with Gasteiger partial charge in [0.05, 0.1) is 13.2 Å². The maximum atomic E-state index is 12.5. The van der Waals surface area contributed by atoms with Crippen LogP contribution >= 0.6 is 0 Å². The van der Waals surface area contributed by atoms with Crippen LogP contribution in [-0.4, -0.2) is 18.6 Å². The van der Waals surface area contributed by atoms with Crippen LogP contribution in [0.3, 0.4) is 0 Å². The van der Waals surface area contributed by atoms with Gasteiger partial charge in [-0.25, -0.2) is 0 Å². The lowest BCUT2D eigenvalue weighted by Crippen LogP contribution is -2.41. The van der Waals surface area contributed by atoms with Crippen LogP contribution in [0.2, 0.25) is 0 Å². The van der Waals surface area contributed by atoms with E-state index in [9.17, 15) is 4.79 Å². The Morgan fingerprint density at radius 2 is 2.04 bits per heavy atom. The molecule has 0 saturated carbocycles. The number of fused-ring (bicyclic) bond motifs is 1. The average molecular weight is 351 g/mol. The van der Waals surface area contributed by atoms with Gasteiger partial charge in [0.25, 0.3) is 0 Å². The van der Waals surface area contributed by atoms with Crippen molar-refractivity contribution in [3.63, 3.8) is 0 Å². The van der Waals surface area contributed by atoms with E-state index in [0.717, 1.165) is 34.6 Å². The van der Waals surface area contributed by atoms with E-state index in [1.165, 1.54) is 0 Å². The number of benzene rings is 2. The molecule has 0 radical (unpaired) electrons. The number of ether oxygens (including phenoxy) is 2. The van der Waals surface area contributed by atoms with Gasteiger partial charge in [-0.15, -0.1) is 0 Å². The van der Waals surface area contributed by atoms with Gasteiger partial charge < -0.3 is 14.8 Å². The molecule has 1 aliphatic rings. The summed E-state index contributed by atoms with van der Waals surface area (Å²) in [5, 5.41) is 3.12. The molecule has 1 atom stereocenters. The Morgan fingerprint density at radius 1 is 1.27 bits per heavy atom. The smallest absolute Gasteiger partial charge is 0.244 e. The van der Waals surface area contributed by atoms with Crippen LogP contribution in [0.15, 0.2) is 48.5 Å². The van der Waals surface area contributed by atoms with Gasteiger partial charge >= 0.3 is 0 Å². The van der Waals surface area contributed by atoms with Gasteiger partial charge in [0.1, 0.15) is 17.1 Å². The maximum Gasteiger partial charge on any atom is 0.244 e. The zero-order valence-electron chi connectivity index (χ0n) is 15.7. The minimum absolute atomic E-state index is 0.0801. The standard InChI is InChI=1S/C22H25NO3/c1-15-9-11-20-17(13-15)18(14-22(2,3)26-20)23-21(24)12-10-16-7-5-6-8-19(16)25-4/h5-13,18H,14H2,1-4H3,(H,23,24)/b12-10+/t18-/m1/s1. The van der Waals surface area contributed by atoms with Crippen LogP contribution in [0.5, 0.6) is 11.5 Å². The van der Waals surface area contributed by atoms with E-state index in [1.54, 1.807) is 19.3 Å². The number of aryl methyl sites for hydroxylation is 1. The number of amides is 1. The van der Waals surface area contributed by atoms with E-state index < -0.39 is 0 Å². The number of methoxy groups -OCH3 is 1. The molecule has 0 bridgehead atoms. The first kappa shape index (κ1) is 18.1. The Bertz CT molecular complexity index is 839. The third-order valence-electron chi connectivity index (χ3n) is 4.49. The molecular weight excluding hydrogens is 326 g/mol. The number of carbonyl (C=O) groups is 1. The van der Waals surface area contributed by atoms with Gasteiger partial charge in [0.15, 0.2) is 0 Å². The van der Waals surface area contributed by atoms with Crippen molar-refractivity contribution in [2.75, 3.05) is 7.11 Å². The minimum atomic E-state index is -0.327. The molecule has 0 aliphatic carbocycles. The molecule has 0 spiro atoms. The summed E-state index contributed by atoms with van der Waals surface area (Å²) in [6.45, 7) is 6.12. The largest absolute Gasteiger partial charge is 0.496 e. The van der Waals surface area contributed by atoms with E-state index in [0.29, 0.717) is 0 Å². The molecular formula is C22H25NO3. The highest BCUT2D eigenvalue weighted by atomic mass is 16.5. The fourth-order valence-electron chi connectivity index (χ4n) is 3.29. The van der Waals surface area contributed by atoms with Crippen LogP contribution in [0, 0.1) is 6.92 Å². The monoisotopic (exact) mass is 351 g/mol. The molecule has 4 heteroatoms. The Labute approximate surface area is 154 Å². The zero-order valence-corrected chi connectivity index (χ0v) is 15.7. The van der Waals surface area contributed by atoms with Gasteiger partial charge in [0.2, 0.25) is 5.91 Å². The van der Waals surface area contributed by atoms with E-state index >= 15 is 0 Å². The third kappa shape index (κ3) is 4.07. The summed E-state index contributed by atoms with van der Waals surface area (Å²) in [6, 6.07) is 13.6. The van der Waals surface area contributed by atoms with Crippen molar-refractivity contribution in [1.29, 1.82) is 0 Å². The second kappa shape index (κ2) is 7.24. The van der Waals surface area contributed by atoms with Gasteiger partial charge in [0, 0.05) is 23.6 Å². The van der Waals surface area contributed by atoms with E-state index in [-0.39, 0.29) is 17.6 Å². The SMILES string of the molecule is COc1ccccc1/C=C/C(=O)N[C@@H]1CC(C)(C)Oc2ccc(C)cc21. The first-order valence-corrected chi connectivity index (χ1v) is 8.79. The van der Waals surface area contributed by atoms with Gasteiger partial charge in [-0.2, -0.15) is 0 Å². The Balaban J connectivity index is 1.79. The van der Waals surface area contributed by atoms with Gasteiger partial charge in [-0.3, -0.25) is 4.79 Å². The van der Waals surface area contributed by atoms with Crippen molar-refractivity contribution in [3.05, 3.63) is 65.2 Å². The van der Waals surface area contributed by atoms with Crippen molar-refractivity contribution >= 4 is 12.0 Å². The molecule has 0 unspecified atom stereocenters. The van der Waals surface area contributed by atoms with Crippen molar-refractivity contribution in [3.8, 4) is 11.5 Å². The Hall–Kier alpha value is -2.75. The predicted octanol–water partition coefficient (Wildman–Crippen LogP) is 4.44. The molecule has 0 aromatic heterocycles. The summed E-state index contributed by atoms with van der Waals surface area (Å²) >= 11 is 0. The third-order valence-corrected chi connectivity index (χ3v) is 4.49. The minimum Gasteiger partial charge on any atom is -0.496 e. The highest BCUT2D eigenvalue weighted by molar-refractivity contribution is 5.92.